The number of aromatic carboxylic acids is 1. The Bertz CT molecular complexity index is 562. The van der Waals surface area contributed by atoms with Gasteiger partial charge in [0.05, 0.1) is 5.69 Å². The molecular weight excluding hydrogens is 212 g/mol. The standard InChI is InChI=1S/C10H8N2O2S/c13-10(14)8-5-2-1-3-6-7(5)9(15-8)12-4-11-6/h4H,1-3H2,(H,13,14). The number of carbonyl (C=O) groups is 1. The minimum atomic E-state index is -0.846. The smallest absolute Gasteiger partial charge is 0.346 e. The molecule has 0 unspecified atom stereocenters. The summed E-state index contributed by atoms with van der Waals surface area (Å²) in [7, 11) is 0. The van der Waals surface area contributed by atoms with Crippen LogP contribution in [0.25, 0.3) is 10.2 Å². The summed E-state index contributed by atoms with van der Waals surface area (Å²) in [4.78, 5) is 20.6. The second-order valence-corrected chi connectivity index (χ2v) is 4.57. The summed E-state index contributed by atoms with van der Waals surface area (Å²) in [6, 6.07) is 0. The maximum Gasteiger partial charge on any atom is 0.346 e. The number of carboxylic acids is 1. The van der Waals surface area contributed by atoms with Crippen LogP contribution in [0.4, 0.5) is 0 Å². The fourth-order valence-corrected chi connectivity index (χ4v) is 3.14. The molecule has 0 amide bonds. The third kappa shape index (κ3) is 1.16. The van der Waals surface area contributed by atoms with E-state index in [0.717, 1.165) is 40.7 Å². The lowest BCUT2D eigenvalue weighted by atomic mass is 9.96. The van der Waals surface area contributed by atoms with Crippen LogP contribution in [0.15, 0.2) is 6.33 Å². The van der Waals surface area contributed by atoms with E-state index in [9.17, 15) is 4.79 Å². The van der Waals surface area contributed by atoms with E-state index in [1.54, 1.807) is 0 Å². The molecule has 2 aromatic heterocycles. The molecule has 5 heteroatoms. The Morgan fingerprint density at radius 3 is 3.07 bits per heavy atom. The predicted molar refractivity (Wildman–Crippen MR) is 56.4 cm³/mol. The van der Waals surface area contributed by atoms with Crippen molar-refractivity contribution in [1.82, 2.24) is 9.97 Å². The van der Waals surface area contributed by atoms with Gasteiger partial charge in [0, 0.05) is 5.39 Å². The van der Waals surface area contributed by atoms with E-state index < -0.39 is 5.97 Å². The fraction of sp³-hybridized carbons (Fsp3) is 0.300. The summed E-state index contributed by atoms with van der Waals surface area (Å²) in [6.45, 7) is 0. The van der Waals surface area contributed by atoms with Crippen LogP contribution in [-0.2, 0) is 12.8 Å². The van der Waals surface area contributed by atoms with Gasteiger partial charge in [0.1, 0.15) is 16.0 Å². The first kappa shape index (κ1) is 8.79. The molecule has 3 rings (SSSR count). The van der Waals surface area contributed by atoms with Gasteiger partial charge < -0.3 is 5.11 Å². The lowest BCUT2D eigenvalue weighted by Crippen LogP contribution is -2.05. The summed E-state index contributed by atoms with van der Waals surface area (Å²) in [5.41, 5.74) is 1.94. The highest BCUT2D eigenvalue weighted by Gasteiger charge is 2.23. The summed E-state index contributed by atoms with van der Waals surface area (Å²) < 4.78 is 0. The molecule has 0 atom stereocenters. The van der Waals surface area contributed by atoms with Gasteiger partial charge in [-0.05, 0) is 24.8 Å². The van der Waals surface area contributed by atoms with Gasteiger partial charge in [-0.25, -0.2) is 14.8 Å². The number of rotatable bonds is 1. The largest absolute Gasteiger partial charge is 0.477 e. The van der Waals surface area contributed by atoms with Crippen LogP contribution >= 0.6 is 11.3 Å². The van der Waals surface area contributed by atoms with Gasteiger partial charge in [-0.15, -0.1) is 11.3 Å². The van der Waals surface area contributed by atoms with E-state index in [4.69, 9.17) is 5.11 Å². The number of carboxylic acid groups (broad SMARTS) is 1. The lowest BCUT2D eigenvalue weighted by Gasteiger charge is -2.10. The number of nitrogens with zero attached hydrogens (tertiary/aromatic N) is 2. The zero-order valence-electron chi connectivity index (χ0n) is 7.86. The van der Waals surface area contributed by atoms with Crippen molar-refractivity contribution in [2.75, 3.05) is 0 Å². The van der Waals surface area contributed by atoms with Crippen LogP contribution in [0.2, 0.25) is 0 Å². The second-order valence-electron chi connectivity index (χ2n) is 3.57. The van der Waals surface area contributed by atoms with Crippen LogP contribution in [0.5, 0.6) is 0 Å². The van der Waals surface area contributed by atoms with E-state index in [-0.39, 0.29) is 0 Å². The van der Waals surface area contributed by atoms with Crippen molar-refractivity contribution in [3.8, 4) is 0 Å². The van der Waals surface area contributed by atoms with Gasteiger partial charge in [-0.1, -0.05) is 0 Å². The van der Waals surface area contributed by atoms with Crippen LogP contribution in [0, 0.1) is 0 Å². The summed E-state index contributed by atoms with van der Waals surface area (Å²) in [5.74, 6) is -0.846. The number of hydrogen-bond donors (Lipinski definition) is 1. The zero-order valence-corrected chi connectivity index (χ0v) is 8.67. The Labute approximate surface area is 89.6 Å². The Hall–Kier alpha value is -1.49. The first-order chi connectivity index (χ1) is 7.27. The first-order valence-electron chi connectivity index (χ1n) is 4.76. The minimum Gasteiger partial charge on any atom is -0.477 e. The molecule has 76 valence electrons. The quantitative estimate of drug-likeness (QED) is 0.797. The molecule has 0 saturated carbocycles. The molecule has 2 aromatic rings. The SMILES string of the molecule is O=C(O)c1sc2ncnc3c2c1CCC3. The van der Waals surface area contributed by atoms with Crippen molar-refractivity contribution in [2.24, 2.45) is 0 Å². The molecule has 0 saturated heterocycles. The van der Waals surface area contributed by atoms with Gasteiger partial charge in [0.25, 0.3) is 0 Å². The Morgan fingerprint density at radius 2 is 2.27 bits per heavy atom. The Balaban J connectivity index is 2.43. The van der Waals surface area contributed by atoms with Crippen molar-refractivity contribution in [3.05, 3.63) is 22.5 Å². The molecule has 0 aromatic carbocycles. The zero-order chi connectivity index (χ0) is 10.4. The molecular formula is C10H8N2O2S. The second kappa shape index (κ2) is 3.00. The van der Waals surface area contributed by atoms with Gasteiger partial charge in [-0.2, -0.15) is 0 Å². The molecule has 0 spiro atoms. The van der Waals surface area contributed by atoms with E-state index in [2.05, 4.69) is 9.97 Å². The fourth-order valence-electron chi connectivity index (χ4n) is 2.09. The van der Waals surface area contributed by atoms with Gasteiger partial charge in [-0.3, -0.25) is 0 Å². The van der Waals surface area contributed by atoms with E-state index >= 15 is 0 Å². The average Bonchev–Trinajstić information content (AvgIpc) is 2.61. The van der Waals surface area contributed by atoms with Gasteiger partial charge in [0.2, 0.25) is 0 Å². The van der Waals surface area contributed by atoms with Crippen LogP contribution in [0.1, 0.15) is 27.3 Å². The molecule has 4 nitrogen and oxygen atoms in total. The third-order valence-electron chi connectivity index (χ3n) is 2.70. The molecule has 1 N–H and O–H groups in total. The van der Waals surface area contributed by atoms with E-state index in [1.165, 1.54) is 17.7 Å². The molecule has 1 aliphatic rings. The summed E-state index contributed by atoms with van der Waals surface area (Å²) in [5, 5.41) is 10.1. The van der Waals surface area contributed by atoms with Crippen molar-refractivity contribution in [1.29, 1.82) is 0 Å². The molecule has 1 aliphatic carbocycles. The van der Waals surface area contributed by atoms with Gasteiger partial charge >= 0.3 is 5.97 Å². The van der Waals surface area contributed by atoms with Crippen LogP contribution < -0.4 is 0 Å². The topological polar surface area (TPSA) is 63.1 Å². The normalized spacial score (nSPS) is 14.4. The lowest BCUT2D eigenvalue weighted by molar-refractivity contribution is 0.0701. The predicted octanol–water partition coefficient (Wildman–Crippen LogP) is 1.88. The molecule has 0 aliphatic heterocycles. The molecule has 0 radical (unpaired) electrons. The third-order valence-corrected chi connectivity index (χ3v) is 3.83. The van der Waals surface area contributed by atoms with E-state index in [1.807, 2.05) is 0 Å². The molecule has 0 fully saturated rings. The molecule has 2 heterocycles. The maximum atomic E-state index is 11.0. The number of aromatic nitrogens is 2. The number of hydrogen-bond acceptors (Lipinski definition) is 4. The highest BCUT2D eigenvalue weighted by atomic mass is 32.1. The van der Waals surface area contributed by atoms with Crippen molar-refractivity contribution in [3.63, 3.8) is 0 Å². The highest BCUT2D eigenvalue weighted by molar-refractivity contribution is 7.20. The van der Waals surface area contributed by atoms with Gasteiger partial charge in [0.15, 0.2) is 0 Å². The maximum absolute atomic E-state index is 11.0. The van der Waals surface area contributed by atoms with Crippen molar-refractivity contribution >= 4 is 27.5 Å². The van der Waals surface area contributed by atoms with Crippen LogP contribution in [-0.4, -0.2) is 21.0 Å². The average molecular weight is 220 g/mol. The first-order valence-corrected chi connectivity index (χ1v) is 5.57. The summed E-state index contributed by atoms with van der Waals surface area (Å²) >= 11 is 1.26. The number of aryl methyl sites for hydroxylation is 2. The minimum absolute atomic E-state index is 0.437. The summed E-state index contributed by atoms with van der Waals surface area (Å²) in [6.07, 6.45) is 4.27. The van der Waals surface area contributed by atoms with Crippen LogP contribution in [0.3, 0.4) is 0 Å². The van der Waals surface area contributed by atoms with E-state index in [0.29, 0.717) is 4.88 Å². The Kier molecular flexibility index (Phi) is 1.76. The van der Waals surface area contributed by atoms with Crippen molar-refractivity contribution < 1.29 is 9.90 Å². The monoisotopic (exact) mass is 220 g/mol. The molecule has 15 heavy (non-hydrogen) atoms. The number of thiophene rings is 1. The highest BCUT2D eigenvalue weighted by Crippen LogP contribution is 2.35. The Morgan fingerprint density at radius 1 is 1.40 bits per heavy atom. The molecule has 0 bridgehead atoms. The van der Waals surface area contributed by atoms with Crippen molar-refractivity contribution in [2.45, 2.75) is 19.3 Å².